The van der Waals surface area contributed by atoms with Crippen LogP contribution in [0.4, 0.5) is 0 Å². The topological polar surface area (TPSA) is 15.3 Å². The van der Waals surface area contributed by atoms with Crippen molar-refractivity contribution in [1.82, 2.24) is 10.2 Å². The molecule has 17 heavy (non-hydrogen) atoms. The summed E-state index contributed by atoms with van der Waals surface area (Å²) >= 11 is 5.86. The van der Waals surface area contributed by atoms with E-state index in [9.17, 15) is 0 Å². The van der Waals surface area contributed by atoms with Gasteiger partial charge < -0.3 is 10.2 Å². The van der Waals surface area contributed by atoms with Crippen LogP contribution in [0.25, 0.3) is 0 Å². The Hall–Kier alpha value is -0.570. The average Bonchev–Trinajstić information content (AvgIpc) is 2.32. The molecular weight excluding hydrogens is 232 g/mol. The van der Waals surface area contributed by atoms with E-state index in [2.05, 4.69) is 36.3 Å². The van der Waals surface area contributed by atoms with Gasteiger partial charge in [-0.05, 0) is 57.2 Å². The molecule has 0 aliphatic carbocycles. The van der Waals surface area contributed by atoms with Crippen molar-refractivity contribution in [3.63, 3.8) is 0 Å². The van der Waals surface area contributed by atoms with Crippen molar-refractivity contribution in [2.24, 2.45) is 0 Å². The van der Waals surface area contributed by atoms with Crippen LogP contribution in [0.2, 0.25) is 5.02 Å². The number of hydrogen-bond acceptors (Lipinski definition) is 2. The average molecular weight is 255 g/mol. The normalized spacial score (nSPS) is 11.1. The van der Waals surface area contributed by atoms with Gasteiger partial charge in [0.2, 0.25) is 0 Å². The van der Waals surface area contributed by atoms with E-state index in [1.165, 1.54) is 18.4 Å². The van der Waals surface area contributed by atoms with Gasteiger partial charge in [-0.3, -0.25) is 0 Å². The van der Waals surface area contributed by atoms with E-state index in [0.717, 1.165) is 31.2 Å². The molecule has 3 heteroatoms. The first-order valence-electron chi connectivity index (χ1n) is 6.36. The molecule has 0 radical (unpaired) electrons. The first-order valence-corrected chi connectivity index (χ1v) is 6.74. The van der Waals surface area contributed by atoms with Gasteiger partial charge in [0, 0.05) is 11.6 Å². The molecule has 0 bridgehead atoms. The number of rotatable bonds is 8. The van der Waals surface area contributed by atoms with E-state index in [1.54, 1.807) is 0 Å². The second-order valence-corrected chi connectivity index (χ2v) is 4.90. The van der Waals surface area contributed by atoms with Gasteiger partial charge in [-0.25, -0.2) is 0 Å². The van der Waals surface area contributed by atoms with Gasteiger partial charge in [0.15, 0.2) is 0 Å². The van der Waals surface area contributed by atoms with Gasteiger partial charge in [0.1, 0.15) is 0 Å². The molecule has 0 spiro atoms. The molecule has 1 aromatic carbocycles. The van der Waals surface area contributed by atoms with Crippen molar-refractivity contribution < 1.29 is 0 Å². The minimum atomic E-state index is 0.806. The summed E-state index contributed by atoms with van der Waals surface area (Å²) in [5.74, 6) is 0. The maximum atomic E-state index is 5.86. The molecule has 0 fully saturated rings. The highest BCUT2D eigenvalue weighted by molar-refractivity contribution is 6.30. The molecule has 0 aliphatic heterocycles. The Bertz CT molecular complexity index is 298. The summed E-state index contributed by atoms with van der Waals surface area (Å²) in [7, 11) is 2.16. The van der Waals surface area contributed by atoms with Crippen molar-refractivity contribution >= 4 is 11.6 Å². The molecule has 0 amide bonds. The quantitative estimate of drug-likeness (QED) is 0.717. The molecule has 1 aromatic rings. The highest BCUT2D eigenvalue weighted by Crippen LogP contribution is 2.10. The van der Waals surface area contributed by atoms with Gasteiger partial charge in [0.05, 0.1) is 0 Å². The summed E-state index contributed by atoms with van der Waals surface area (Å²) in [6, 6.07) is 8.09. The van der Waals surface area contributed by atoms with E-state index in [4.69, 9.17) is 11.6 Å². The van der Waals surface area contributed by atoms with Crippen LogP contribution >= 0.6 is 11.6 Å². The van der Waals surface area contributed by atoms with E-state index in [0.29, 0.717) is 0 Å². The lowest BCUT2D eigenvalue weighted by atomic mass is 10.2. The minimum Gasteiger partial charge on any atom is -0.317 e. The smallest absolute Gasteiger partial charge is 0.0406 e. The van der Waals surface area contributed by atoms with E-state index in [1.807, 2.05) is 12.1 Å². The highest BCUT2D eigenvalue weighted by atomic mass is 35.5. The van der Waals surface area contributed by atoms with Crippen LogP contribution in [0.5, 0.6) is 0 Å². The Balaban J connectivity index is 2.16. The Labute approximate surface area is 110 Å². The molecule has 0 unspecified atom stereocenters. The minimum absolute atomic E-state index is 0.806. The monoisotopic (exact) mass is 254 g/mol. The summed E-state index contributed by atoms with van der Waals surface area (Å²) in [5.41, 5.74) is 1.32. The Kier molecular flexibility index (Phi) is 7.25. The summed E-state index contributed by atoms with van der Waals surface area (Å²) < 4.78 is 0. The van der Waals surface area contributed by atoms with Crippen LogP contribution in [0.1, 0.15) is 25.3 Å². The van der Waals surface area contributed by atoms with Gasteiger partial charge in [-0.2, -0.15) is 0 Å². The van der Waals surface area contributed by atoms with Crippen molar-refractivity contribution in [3.8, 4) is 0 Å². The molecule has 1 rings (SSSR count). The second kappa shape index (κ2) is 8.51. The maximum Gasteiger partial charge on any atom is 0.0406 e. The summed E-state index contributed by atoms with van der Waals surface area (Å²) in [4.78, 5) is 2.34. The molecule has 0 saturated heterocycles. The Morgan fingerprint density at radius 3 is 2.53 bits per heavy atom. The van der Waals surface area contributed by atoms with Crippen molar-refractivity contribution in [1.29, 1.82) is 0 Å². The third-order valence-electron chi connectivity index (χ3n) is 2.69. The van der Waals surface area contributed by atoms with Gasteiger partial charge in [0.25, 0.3) is 0 Å². The zero-order valence-corrected chi connectivity index (χ0v) is 11.6. The first-order chi connectivity index (χ1) is 8.22. The fraction of sp³-hybridized carbons (Fsp3) is 0.571. The Morgan fingerprint density at radius 1 is 1.18 bits per heavy atom. The lowest BCUT2D eigenvalue weighted by molar-refractivity contribution is 0.320. The zero-order chi connectivity index (χ0) is 12.5. The predicted molar refractivity (Wildman–Crippen MR) is 75.6 cm³/mol. The largest absolute Gasteiger partial charge is 0.317 e. The molecular formula is C14H23ClN2. The third-order valence-corrected chi connectivity index (χ3v) is 2.94. The molecule has 2 nitrogen and oxygen atoms in total. The van der Waals surface area contributed by atoms with Crippen molar-refractivity contribution in [3.05, 3.63) is 34.9 Å². The fourth-order valence-corrected chi connectivity index (χ4v) is 1.88. The standard InChI is InChI=1S/C14H23ClN2/c1-3-9-16-10-4-11-17(2)12-13-5-7-14(15)8-6-13/h5-8,16H,3-4,9-12H2,1-2H3. The van der Waals surface area contributed by atoms with Crippen molar-refractivity contribution in [2.75, 3.05) is 26.7 Å². The number of halogens is 1. The molecule has 96 valence electrons. The number of nitrogens with zero attached hydrogens (tertiary/aromatic N) is 1. The van der Waals surface area contributed by atoms with E-state index >= 15 is 0 Å². The van der Waals surface area contributed by atoms with Crippen LogP contribution in [-0.2, 0) is 6.54 Å². The second-order valence-electron chi connectivity index (χ2n) is 4.47. The molecule has 0 aromatic heterocycles. The number of hydrogen-bond donors (Lipinski definition) is 1. The van der Waals surface area contributed by atoms with E-state index < -0.39 is 0 Å². The fourth-order valence-electron chi connectivity index (χ4n) is 1.76. The van der Waals surface area contributed by atoms with Crippen LogP contribution in [0.3, 0.4) is 0 Å². The summed E-state index contributed by atoms with van der Waals surface area (Å²) in [6.45, 7) is 6.55. The van der Waals surface area contributed by atoms with Crippen LogP contribution in [0, 0.1) is 0 Å². The summed E-state index contributed by atoms with van der Waals surface area (Å²) in [6.07, 6.45) is 2.41. The van der Waals surface area contributed by atoms with Crippen LogP contribution < -0.4 is 5.32 Å². The van der Waals surface area contributed by atoms with Gasteiger partial charge >= 0.3 is 0 Å². The third kappa shape index (κ3) is 6.67. The number of benzene rings is 1. The molecule has 0 atom stereocenters. The number of nitrogens with one attached hydrogen (secondary N) is 1. The maximum absolute atomic E-state index is 5.86. The lowest BCUT2D eigenvalue weighted by Gasteiger charge is -2.16. The SMILES string of the molecule is CCCNCCCN(C)Cc1ccc(Cl)cc1. The summed E-state index contributed by atoms with van der Waals surface area (Å²) in [5, 5.41) is 4.22. The van der Waals surface area contributed by atoms with Crippen LogP contribution in [0.15, 0.2) is 24.3 Å². The molecule has 1 N–H and O–H groups in total. The van der Waals surface area contributed by atoms with Gasteiger partial charge in [-0.15, -0.1) is 0 Å². The predicted octanol–water partition coefficient (Wildman–Crippen LogP) is 3.16. The lowest BCUT2D eigenvalue weighted by Crippen LogP contribution is -2.24. The van der Waals surface area contributed by atoms with E-state index in [-0.39, 0.29) is 0 Å². The van der Waals surface area contributed by atoms with Gasteiger partial charge in [-0.1, -0.05) is 30.7 Å². The molecule has 0 saturated carbocycles. The zero-order valence-electron chi connectivity index (χ0n) is 10.9. The molecule has 0 heterocycles. The molecule has 0 aliphatic rings. The highest BCUT2D eigenvalue weighted by Gasteiger charge is 2.00. The first kappa shape index (κ1) is 14.5. The van der Waals surface area contributed by atoms with Crippen molar-refractivity contribution in [2.45, 2.75) is 26.3 Å². The van der Waals surface area contributed by atoms with Crippen LogP contribution in [-0.4, -0.2) is 31.6 Å². The Morgan fingerprint density at radius 2 is 1.88 bits per heavy atom.